The van der Waals surface area contributed by atoms with Crippen LogP contribution in [0, 0.1) is 11.7 Å². The fourth-order valence-corrected chi connectivity index (χ4v) is 2.36. The summed E-state index contributed by atoms with van der Waals surface area (Å²) in [5.41, 5.74) is 6.73. The van der Waals surface area contributed by atoms with Crippen molar-refractivity contribution in [2.45, 2.75) is 13.3 Å². The highest BCUT2D eigenvalue weighted by molar-refractivity contribution is 5.95. The van der Waals surface area contributed by atoms with E-state index in [0.29, 0.717) is 30.1 Å². The first-order chi connectivity index (χ1) is 9.11. The zero-order valence-corrected chi connectivity index (χ0v) is 11.1. The zero-order valence-electron chi connectivity index (χ0n) is 11.1. The monoisotopic (exact) mass is 262 g/mol. The fourth-order valence-electron chi connectivity index (χ4n) is 2.36. The van der Waals surface area contributed by atoms with E-state index in [-0.39, 0.29) is 11.7 Å². The topological polar surface area (TPSA) is 46.3 Å². The van der Waals surface area contributed by atoms with E-state index in [1.165, 1.54) is 12.1 Å². The van der Waals surface area contributed by atoms with E-state index in [4.69, 9.17) is 5.73 Å². The molecule has 1 saturated heterocycles. The SMILES string of the molecule is C/C(=C/C(=O)N1CCC(CN)C1)c1ccccc1F. The standard InChI is InChI=1S/C15H19FN2O/c1-11(13-4-2-3-5-14(13)16)8-15(19)18-7-6-12(9-17)10-18/h2-5,8,12H,6-7,9-10,17H2,1H3/b11-8-. The van der Waals surface area contributed by atoms with Crippen molar-refractivity contribution >= 4 is 11.5 Å². The summed E-state index contributed by atoms with van der Waals surface area (Å²) in [6, 6.07) is 6.49. The van der Waals surface area contributed by atoms with Gasteiger partial charge in [0.15, 0.2) is 0 Å². The minimum absolute atomic E-state index is 0.0586. The average molecular weight is 262 g/mol. The van der Waals surface area contributed by atoms with Crippen LogP contribution in [0.4, 0.5) is 4.39 Å². The summed E-state index contributed by atoms with van der Waals surface area (Å²) >= 11 is 0. The Hall–Kier alpha value is -1.68. The molecule has 0 aliphatic carbocycles. The van der Waals surface area contributed by atoms with Crippen LogP contribution in [0.2, 0.25) is 0 Å². The Labute approximate surface area is 112 Å². The van der Waals surface area contributed by atoms with E-state index in [1.54, 1.807) is 30.0 Å². The van der Waals surface area contributed by atoms with Gasteiger partial charge in [-0.2, -0.15) is 0 Å². The molecule has 102 valence electrons. The van der Waals surface area contributed by atoms with Gasteiger partial charge in [-0.05, 0) is 37.4 Å². The highest BCUT2D eigenvalue weighted by atomic mass is 19.1. The quantitative estimate of drug-likeness (QED) is 0.847. The lowest BCUT2D eigenvalue weighted by Gasteiger charge is -2.14. The van der Waals surface area contributed by atoms with Crippen molar-refractivity contribution in [2.75, 3.05) is 19.6 Å². The molecule has 19 heavy (non-hydrogen) atoms. The van der Waals surface area contributed by atoms with Crippen LogP contribution in [0.3, 0.4) is 0 Å². The average Bonchev–Trinajstić information content (AvgIpc) is 2.88. The second-order valence-corrected chi connectivity index (χ2v) is 4.98. The minimum Gasteiger partial charge on any atom is -0.339 e. The molecule has 2 N–H and O–H groups in total. The maximum atomic E-state index is 13.6. The van der Waals surface area contributed by atoms with E-state index in [1.807, 2.05) is 0 Å². The summed E-state index contributed by atoms with van der Waals surface area (Å²) < 4.78 is 13.6. The first-order valence-electron chi connectivity index (χ1n) is 6.54. The number of halogens is 1. The summed E-state index contributed by atoms with van der Waals surface area (Å²) in [5, 5.41) is 0. The Bertz CT molecular complexity index is 499. The number of allylic oxidation sites excluding steroid dienone is 1. The van der Waals surface area contributed by atoms with Crippen molar-refractivity contribution in [2.24, 2.45) is 11.7 Å². The minimum atomic E-state index is -0.301. The van der Waals surface area contributed by atoms with Gasteiger partial charge in [0.05, 0.1) is 0 Å². The van der Waals surface area contributed by atoms with Crippen LogP contribution in [-0.2, 0) is 4.79 Å². The van der Waals surface area contributed by atoms with Gasteiger partial charge in [-0.15, -0.1) is 0 Å². The molecule has 1 atom stereocenters. The number of hydrogen-bond donors (Lipinski definition) is 1. The smallest absolute Gasteiger partial charge is 0.246 e. The second kappa shape index (κ2) is 5.97. The Kier molecular flexibility index (Phi) is 4.32. The molecule has 0 spiro atoms. The van der Waals surface area contributed by atoms with Crippen LogP contribution in [0.15, 0.2) is 30.3 Å². The molecule has 1 fully saturated rings. The molecule has 0 saturated carbocycles. The lowest BCUT2D eigenvalue weighted by molar-refractivity contribution is -0.125. The van der Waals surface area contributed by atoms with E-state index < -0.39 is 0 Å². The van der Waals surface area contributed by atoms with E-state index in [9.17, 15) is 9.18 Å². The molecule has 1 amide bonds. The second-order valence-electron chi connectivity index (χ2n) is 4.98. The summed E-state index contributed by atoms with van der Waals surface area (Å²) in [7, 11) is 0. The van der Waals surface area contributed by atoms with E-state index in [0.717, 1.165) is 13.0 Å². The van der Waals surface area contributed by atoms with Crippen molar-refractivity contribution in [3.05, 3.63) is 41.7 Å². The molecule has 0 bridgehead atoms. The molecular weight excluding hydrogens is 243 g/mol. The number of nitrogens with zero attached hydrogens (tertiary/aromatic N) is 1. The first-order valence-corrected chi connectivity index (χ1v) is 6.54. The summed E-state index contributed by atoms with van der Waals surface area (Å²) in [6.45, 7) is 3.81. The predicted molar refractivity (Wildman–Crippen MR) is 73.8 cm³/mol. The number of carbonyl (C=O) groups excluding carboxylic acids is 1. The molecule has 2 rings (SSSR count). The molecule has 1 unspecified atom stereocenters. The van der Waals surface area contributed by atoms with Gasteiger partial charge in [0.2, 0.25) is 5.91 Å². The fraction of sp³-hybridized carbons (Fsp3) is 0.400. The van der Waals surface area contributed by atoms with E-state index in [2.05, 4.69) is 0 Å². The molecule has 4 heteroatoms. The molecule has 1 aliphatic heterocycles. The molecule has 1 heterocycles. The van der Waals surface area contributed by atoms with Gasteiger partial charge in [0.1, 0.15) is 5.82 Å². The third kappa shape index (κ3) is 3.20. The molecule has 0 aromatic heterocycles. The molecule has 3 nitrogen and oxygen atoms in total. The molecule has 1 aromatic rings. The van der Waals surface area contributed by atoms with Crippen LogP contribution >= 0.6 is 0 Å². The summed E-state index contributed by atoms with van der Waals surface area (Å²) in [5.74, 6) is 0.0353. The van der Waals surface area contributed by atoms with Crippen molar-refractivity contribution in [3.63, 3.8) is 0 Å². The normalized spacial score (nSPS) is 19.8. The Morgan fingerprint density at radius 3 is 2.89 bits per heavy atom. The van der Waals surface area contributed by atoms with Gasteiger partial charge in [-0.1, -0.05) is 18.2 Å². The van der Waals surface area contributed by atoms with E-state index >= 15 is 0 Å². The predicted octanol–water partition coefficient (Wildman–Crippen LogP) is 2.04. The van der Waals surface area contributed by atoms with Crippen LogP contribution in [-0.4, -0.2) is 30.4 Å². The molecule has 1 aliphatic rings. The van der Waals surface area contributed by atoms with Crippen LogP contribution in [0.5, 0.6) is 0 Å². The van der Waals surface area contributed by atoms with Crippen molar-refractivity contribution in [1.82, 2.24) is 4.90 Å². The zero-order chi connectivity index (χ0) is 13.8. The Morgan fingerprint density at radius 2 is 2.26 bits per heavy atom. The lowest BCUT2D eigenvalue weighted by Crippen LogP contribution is -2.28. The molecule has 1 aromatic carbocycles. The molecule has 0 radical (unpaired) electrons. The van der Waals surface area contributed by atoms with Crippen LogP contribution in [0.25, 0.3) is 5.57 Å². The van der Waals surface area contributed by atoms with Gasteiger partial charge >= 0.3 is 0 Å². The number of benzene rings is 1. The largest absolute Gasteiger partial charge is 0.339 e. The van der Waals surface area contributed by atoms with Crippen LogP contribution < -0.4 is 5.73 Å². The summed E-state index contributed by atoms with van der Waals surface area (Å²) in [6.07, 6.45) is 2.46. The van der Waals surface area contributed by atoms with Gasteiger partial charge in [-0.25, -0.2) is 4.39 Å². The Morgan fingerprint density at radius 1 is 1.53 bits per heavy atom. The Balaban J connectivity index is 2.09. The third-order valence-electron chi connectivity index (χ3n) is 3.57. The number of likely N-dealkylation sites (tertiary alicyclic amines) is 1. The number of rotatable bonds is 3. The highest BCUT2D eigenvalue weighted by Gasteiger charge is 2.24. The maximum absolute atomic E-state index is 13.6. The number of carbonyl (C=O) groups is 1. The third-order valence-corrected chi connectivity index (χ3v) is 3.57. The lowest BCUT2D eigenvalue weighted by atomic mass is 10.1. The number of nitrogens with two attached hydrogens (primary N) is 1. The first kappa shape index (κ1) is 13.7. The van der Waals surface area contributed by atoms with Gasteiger partial charge < -0.3 is 10.6 Å². The molecular formula is C15H19FN2O. The highest BCUT2D eigenvalue weighted by Crippen LogP contribution is 2.20. The number of amides is 1. The summed E-state index contributed by atoms with van der Waals surface area (Å²) in [4.78, 5) is 13.9. The van der Waals surface area contributed by atoms with Crippen molar-refractivity contribution in [3.8, 4) is 0 Å². The van der Waals surface area contributed by atoms with Gasteiger partial charge in [0, 0.05) is 24.7 Å². The van der Waals surface area contributed by atoms with Crippen molar-refractivity contribution in [1.29, 1.82) is 0 Å². The van der Waals surface area contributed by atoms with Crippen LogP contribution in [0.1, 0.15) is 18.9 Å². The van der Waals surface area contributed by atoms with Gasteiger partial charge in [0.25, 0.3) is 0 Å². The van der Waals surface area contributed by atoms with Crippen molar-refractivity contribution < 1.29 is 9.18 Å². The maximum Gasteiger partial charge on any atom is 0.246 e. The number of hydrogen-bond acceptors (Lipinski definition) is 2. The van der Waals surface area contributed by atoms with Gasteiger partial charge in [-0.3, -0.25) is 4.79 Å².